The van der Waals surface area contributed by atoms with Crippen LogP contribution in [-0.4, -0.2) is 31.4 Å². The number of nitrogens with one attached hydrogen (secondary N) is 2. The monoisotopic (exact) mass is 382 g/mol. The van der Waals surface area contributed by atoms with E-state index >= 15 is 0 Å². The number of hydrogen-bond donors (Lipinski definition) is 2. The quantitative estimate of drug-likeness (QED) is 0.749. The zero-order valence-electron chi connectivity index (χ0n) is 16.7. The molecule has 0 unspecified atom stereocenters. The summed E-state index contributed by atoms with van der Waals surface area (Å²) in [5, 5.41) is 5.40. The molecule has 0 aliphatic heterocycles. The van der Waals surface area contributed by atoms with E-state index in [0.717, 1.165) is 5.56 Å². The summed E-state index contributed by atoms with van der Waals surface area (Å²) in [6.45, 7) is 6.52. The Balaban J connectivity index is 1.87. The normalized spacial score (nSPS) is 10.9. The van der Waals surface area contributed by atoms with Gasteiger partial charge < -0.3 is 15.4 Å². The SMILES string of the molecule is COC(=O)c1ccccc1NC(=O)CCNC(=O)c1ccc(C(C)(C)C)cc1. The summed E-state index contributed by atoms with van der Waals surface area (Å²) >= 11 is 0. The fourth-order valence-electron chi connectivity index (χ4n) is 2.61. The first-order chi connectivity index (χ1) is 13.2. The van der Waals surface area contributed by atoms with Crippen molar-refractivity contribution in [3.8, 4) is 0 Å². The Morgan fingerprint density at radius 2 is 1.61 bits per heavy atom. The number of carbonyl (C=O) groups excluding carboxylic acids is 3. The predicted octanol–water partition coefficient (Wildman–Crippen LogP) is 3.53. The van der Waals surface area contributed by atoms with Crippen LogP contribution in [0.25, 0.3) is 0 Å². The molecule has 2 amide bonds. The molecule has 0 radical (unpaired) electrons. The number of para-hydroxylation sites is 1. The summed E-state index contributed by atoms with van der Waals surface area (Å²) in [6, 6.07) is 14.0. The Hall–Kier alpha value is -3.15. The number of methoxy groups -OCH3 is 1. The average molecular weight is 382 g/mol. The van der Waals surface area contributed by atoms with Gasteiger partial charge in [-0.1, -0.05) is 45.0 Å². The minimum atomic E-state index is -0.525. The summed E-state index contributed by atoms with van der Waals surface area (Å²) in [6.07, 6.45) is 0.0846. The number of hydrogen-bond acceptors (Lipinski definition) is 4. The Kier molecular flexibility index (Phi) is 6.93. The highest BCUT2D eigenvalue weighted by molar-refractivity contribution is 6.01. The van der Waals surface area contributed by atoms with Crippen molar-refractivity contribution in [2.45, 2.75) is 32.6 Å². The van der Waals surface area contributed by atoms with Crippen LogP contribution in [0, 0.1) is 0 Å². The molecule has 0 atom stereocenters. The van der Waals surface area contributed by atoms with E-state index < -0.39 is 5.97 Å². The minimum absolute atomic E-state index is 0.0214. The van der Waals surface area contributed by atoms with Gasteiger partial charge in [0.05, 0.1) is 18.4 Å². The summed E-state index contributed by atoms with van der Waals surface area (Å²) in [4.78, 5) is 36.1. The van der Waals surface area contributed by atoms with Gasteiger partial charge in [0.15, 0.2) is 0 Å². The smallest absolute Gasteiger partial charge is 0.339 e. The van der Waals surface area contributed by atoms with E-state index in [9.17, 15) is 14.4 Å². The van der Waals surface area contributed by atoms with Crippen molar-refractivity contribution < 1.29 is 19.1 Å². The maximum Gasteiger partial charge on any atom is 0.339 e. The maximum absolute atomic E-state index is 12.2. The molecular formula is C22H26N2O4. The average Bonchev–Trinajstić information content (AvgIpc) is 2.67. The van der Waals surface area contributed by atoms with Crippen LogP contribution in [-0.2, 0) is 14.9 Å². The van der Waals surface area contributed by atoms with Gasteiger partial charge in [0, 0.05) is 18.5 Å². The van der Waals surface area contributed by atoms with Crippen molar-refractivity contribution in [2.75, 3.05) is 19.0 Å². The van der Waals surface area contributed by atoms with Crippen molar-refractivity contribution in [1.29, 1.82) is 0 Å². The van der Waals surface area contributed by atoms with Crippen molar-refractivity contribution in [1.82, 2.24) is 5.32 Å². The zero-order valence-corrected chi connectivity index (χ0v) is 16.7. The zero-order chi connectivity index (χ0) is 20.7. The molecule has 2 N–H and O–H groups in total. The Bertz CT molecular complexity index is 852. The van der Waals surface area contributed by atoms with Crippen molar-refractivity contribution >= 4 is 23.5 Å². The van der Waals surface area contributed by atoms with Gasteiger partial charge >= 0.3 is 5.97 Å². The Labute approximate surface area is 165 Å². The summed E-state index contributed by atoms with van der Waals surface area (Å²) < 4.78 is 4.70. The van der Waals surface area contributed by atoms with E-state index in [1.54, 1.807) is 36.4 Å². The highest BCUT2D eigenvalue weighted by Gasteiger charge is 2.15. The van der Waals surface area contributed by atoms with E-state index in [1.807, 2.05) is 12.1 Å². The fraction of sp³-hybridized carbons (Fsp3) is 0.318. The van der Waals surface area contributed by atoms with Gasteiger partial charge in [0.1, 0.15) is 0 Å². The third kappa shape index (κ3) is 5.67. The molecule has 2 aromatic carbocycles. The van der Waals surface area contributed by atoms with Crippen LogP contribution >= 0.6 is 0 Å². The van der Waals surface area contributed by atoms with Gasteiger partial charge in [0.2, 0.25) is 5.91 Å². The van der Waals surface area contributed by atoms with Crippen LogP contribution in [0.15, 0.2) is 48.5 Å². The van der Waals surface area contributed by atoms with E-state index in [2.05, 4.69) is 31.4 Å². The number of anilines is 1. The second-order valence-electron chi connectivity index (χ2n) is 7.42. The number of benzene rings is 2. The summed E-state index contributed by atoms with van der Waals surface area (Å²) in [7, 11) is 1.28. The standard InChI is InChI=1S/C22H26N2O4/c1-22(2,3)16-11-9-15(10-12-16)20(26)23-14-13-19(25)24-18-8-6-5-7-17(18)21(27)28-4/h5-12H,13-14H2,1-4H3,(H,23,26)(H,24,25). The molecule has 0 aliphatic carbocycles. The van der Waals surface area contributed by atoms with Gasteiger partial charge in [-0.05, 0) is 35.2 Å². The van der Waals surface area contributed by atoms with Gasteiger partial charge in [0.25, 0.3) is 5.91 Å². The maximum atomic E-state index is 12.2. The summed E-state index contributed by atoms with van der Waals surface area (Å²) in [5.41, 5.74) is 2.37. The molecule has 0 spiro atoms. The van der Waals surface area contributed by atoms with Crippen LogP contribution < -0.4 is 10.6 Å². The Morgan fingerprint density at radius 3 is 2.21 bits per heavy atom. The van der Waals surface area contributed by atoms with Gasteiger partial charge in [-0.25, -0.2) is 4.79 Å². The predicted molar refractivity (Wildman–Crippen MR) is 109 cm³/mol. The van der Waals surface area contributed by atoms with Crippen LogP contribution in [0.2, 0.25) is 0 Å². The highest BCUT2D eigenvalue weighted by Crippen LogP contribution is 2.22. The van der Waals surface area contributed by atoms with Crippen LogP contribution in [0.1, 0.15) is 53.5 Å². The first-order valence-electron chi connectivity index (χ1n) is 9.08. The van der Waals surface area contributed by atoms with Crippen molar-refractivity contribution in [3.05, 3.63) is 65.2 Å². The molecule has 0 saturated heterocycles. The lowest BCUT2D eigenvalue weighted by Gasteiger charge is -2.19. The summed E-state index contributed by atoms with van der Waals surface area (Å²) in [5.74, 6) is -1.06. The lowest BCUT2D eigenvalue weighted by Crippen LogP contribution is -2.28. The van der Waals surface area contributed by atoms with E-state index in [0.29, 0.717) is 11.3 Å². The molecule has 28 heavy (non-hydrogen) atoms. The number of rotatable bonds is 6. The van der Waals surface area contributed by atoms with Crippen LogP contribution in [0.5, 0.6) is 0 Å². The molecule has 6 nitrogen and oxygen atoms in total. The number of carbonyl (C=O) groups is 3. The van der Waals surface area contributed by atoms with E-state index in [1.165, 1.54) is 7.11 Å². The lowest BCUT2D eigenvalue weighted by molar-refractivity contribution is -0.116. The fourth-order valence-corrected chi connectivity index (χ4v) is 2.61. The molecule has 0 saturated carbocycles. The van der Waals surface area contributed by atoms with Crippen molar-refractivity contribution in [2.24, 2.45) is 0 Å². The minimum Gasteiger partial charge on any atom is -0.465 e. The molecule has 2 aromatic rings. The molecule has 2 rings (SSSR count). The Morgan fingerprint density at radius 1 is 0.964 bits per heavy atom. The molecular weight excluding hydrogens is 356 g/mol. The molecule has 0 fully saturated rings. The molecule has 148 valence electrons. The molecule has 6 heteroatoms. The van der Waals surface area contributed by atoms with Crippen molar-refractivity contribution in [3.63, 3.8) is 0 Å². The van der Waals surface area contributed by atoms with E-state index in [4.69, 9.17) is 4.74 Å². The third-order valence-electron chi connectivity index (χ3n) is 4.26. The topological polar surface area (TPSA) is 84.5 Å². The first-order valence-corrected chi connectivity index (χ1v) is 9.08. The molecule has 0 bridgehead atoms. The lowest BCUT2D eigenvalue weighted by atomic mass is 9.87. The number of amides is 2. The largest absolute Gasteiger partial charge is 0.465 e. The van der Waals surface area contributed by atoms with Gasteiger partial charge in [-0.3, -0.25) is 9.59 Å². The van der Waals surface area contributed by atoms with Crippen LogP contribution in [0.3, 0.4) is 0 Å². The first kappa shape index (κ1) is 21.2. The second-order valence-corrected chi connectivity index (χ2v) is 7.42. The van der Waals surface area contributed by atoms with E-state index in [-0.39, 0.29) is 35.8 Å². The third-order valence-corrected chi connectivity index (χ3v) is 4.26. The second kappa shape index (κ2) is 9.17. The molecule has 0 heterocycles. The number of esters is 1. The number of ether oxygens (including phenoxy) is 1. The van der Waals surface area contributed by atoms with Crippen LogP contribution in [0.4, 0.5) is 5.69 Å². The molecule has 0 aliphatic rings. The molecule has 0 aromatic heterocycles. The van der Waals surface area contributed by atoms with Gasteiger partial charge in [-0.2, -0.15) is 0 Å². The van der Waals surface area contributed by atoms with Gasteiger partial charge in [-0.15, -0.1) is 0 Å². The highest BCUT2D eigenvalue weighted by atomic mass is 16.5.